The van der Waals surface area contributed by atoms with Crippen molar-refractivity contribution in [2.45, 2.75) is 85.0 Å². The Balaban J connectivity index is 1.57. The van der Waals surface area contributed by atoms with Gasteiger partial charge in [0, 0.05) is 45.1 Å². The fourth-order valence-electron chi connectivity index (χ4n) is 5.64. The summed E-state index contributed by atoms with van der Waals surface area (Å²) in [5.41, 5.74) is 4.43. The molecule has 0 saturated carbocycles. The third kappa shape index (κ3) is 12.3. The van der Waals surface area contributed by atoms with E-state index in [0.717, 1.165) is 27.5 Å². The number of carbonyl (C=O) groups is 3. The van der Waals surface area contributed by atoms with Crippen LogP contribution in [0.15, 0.2) is 91.3 Å². The molecule has 1 heterocycles. The predicted molar refractivity (Wildman–Crippen MR) is 199 cm³/mol. The fourth-order valence-corrected chi connectivity index (χ4v) is 5.64. The molecule has 0 spiro atoms. The Morgan fingerprint density at radius 1 is 0.846 bits per heavy atom. The van der Waals surface area contributed by atoms with Gasteiger partial charge in [-0.15, -0.1) is 0 Å². The Morgan fingerprint density at radius 3 is 2.19 bits per heavy atom. The number of benzene rings is 3. The molecule has 0 unspecified atom stereocenters. The Kier molecular flexibility index (Phi) is 14.9. The normalized spacial score (nSPS) is 12.6. The van der Waals surface area contributed by atoms with Crippen LogP contribution in [0.2, 0.25) is 0 Å². The van der Waals surface area contributed by atoms with Crippen LogP contribution < -0.4 is 20.9 Å². The van der Waals surface area contributed by atoms with Crippen molar-refractivity contribution in [2.24, 2.45) is 0 Å². The number of fused-ring (bicyclic) bond motifs is 1. The maximum Gasteiger partial charge on any atom is 0.338 e. The lowest BCUT2D eigenvalue weighted by molar-refractivity contribution is -0.179. The summed E-state index contributed by atoms with van der Waals surface area (Å²) in [4.78, 5) is 51.3. The van der Waals surface area contributed by atoms with Crippen molar-refractivity contribution in [3.63, 3.8) is 0 Å². The van der Waals surface area contributed by atoms with E-state index in [1.54, 1.807) is 29.4 Å². The molecule has 12 nitrogen and oxygen atoms in total. The van der Waals surface area contributed by atoms with Gasteiger partial charge in [0.1, 0.15) is 17.4 Å². The summed E-state index contributed by atoms with van der Waals surface area (Å²) in [6.07, 6.45) is 2.71. The van der Waals surface area contributed by atoms with E-state index < -0.39 is 36.9 Å². The zero-order valence-electron chi connectivity index (χ0n) is 30.9. The highest BCUT2D eigenvalue weighted by molar-refractivity contribution is 5.90. The quantitative estimate of drug-likeness (QED) is 0.0884. The first-order valence-corrected chi connectivity index (χ1v) is 17.6. The second kappa shape index (κ2) is 19.5. The first kappa shape index (κ1) is 39.7. The van der Waals surface area contributed by atoms with Crippen molar-refractivity contribution in [1.82, 2.24) is 26.0 Å². The summed E-state index contributed by atoms with van der Waals surface area (Å²) in [6.45, 7) is 12.3. The van der Waals surface area contributed by atoms with Crippen molar-refractivity contribution < 1.29 is 33.4 Å². The average Bonchev–Trinajstić information content (AvgIpc) is 3.12. The number of hydrogen-bond donors (Lipinski definition) is 3. The molecule has 3 aromatic carbocycles. The molecule has 4 rings (SSSR count). The van der Waals surface area contributed by atoms with Crippen LogP contribution in [0.25, 0.3) is 10.8 Å². The Hall–Kier alpha value is -5.04. The molecule has 0 aliphatic rings. The lowest BCUT2D eigenvalue weighted by Crippen LogP contribution is -2.55. The van der Waals surface area contributed by atoms with Gasteiger partial charge >= 0.3 is 6.03 Å². The number of hydroxylamine groups is 1. The van der Waals surface area contributed by atoms with Crippen LogP contribution in [0.1, 0.15) is 58.2 Å². The number of nitrogens with zero attached hydrogens (tertiary/aromatic N) is 2. The zero-order valence-corrected chi connectivity index (χ0v) is 30.9. The van der Waals surface area contributed by atoms with Crippen LogP contribution in [-0.2, 0) is 43.4 Å². The topological polar surface area (TPSA) is 140 Å². The largest absolute Gasteiger partial charge is 0.488 e. The van der Waals surface area contributed by atoms with Crippen LogP contribution in [-0.4, -0.2) is 71.5 Å². The van der Waals surface area contributed by atoms with Crippen molar-refractivity contribution >= 4 is 28.6 Å². The first-order valence-electron chi connectivity index (χ1n) is 17.6. The number of hydrogen-bond acceptors (Lipinski definition) is 8. The first-order chi connectivity index (χ1) is 25.0. The molecule has 2 atom stereocenters. The lowest BCUT2D eigenvalue weighted by Gasteiger charge is -2.37. The molecule has 278 valence electrons. The summed E-state index contributed by atoms with van der Waals surface area (Å²) >= 11 is 0. The van der Waals surface area contributed by atoms with Crippen molar-refractivity contribution in [1.29, 1.82) is 0 Å². The van der Waals surface area contributed by atoms with Gasteiger partial charge in [0.05, 0.1) is 6.04 Å². The molecular formula is C40H51N5O7. The number of nitrogens with one attached hydrogen (secondary N) is 3. The standard InChI is InChI=1S/C40H51N5O7/c1-7-49-38(50-8-2)28(3)45(26-32-14-11-13-31-12-9-10-15-34(31)32)37(47)35(24-29-16-18-33(19-17-29)52-40(4,5)6)43-36(46)27-51-44-39(48)42-25-30-20-22-41-23-21-30/h9-23,28,35,38H,7-8,24-27H2,1-6H3,(H,43,46)(H2,42,44,48)/t28-,35-/m0/s1. The maximum atomic E-state index is 14.8. The van der Waals surface area contributed by atoms with Gasteiger partial charge in [-0.25, -0.2) is 10.3 Å². The number of rotatable bonds is 18. The molecule has 0 aliphatic heterocycles. The second-order valence-corrected chi connectivity index (χ2v) is 13.2. The van der Waals surface area contributed by atoms with E-state index in [2.05, 4.69) is 21.1 Å². The van der Waals surface area contributed by atoms with E-state index in [0.29, 0.717) is 19.0 Å². The Morgan fingerprint density at radius 2 is 1.52 bits per heavy atom. The lowest BCUT2D eigenvalue weighted by atomic mass is 10.0. The van der Waals surface area contributed by atoms with Gasteiger partial charge in [-0.2, -0.15) is 0 Å². The van der Waals surface area contributed by atoms with Crippen LogP contribution in [0.4, 0.5) is 4.79 Å². The number of amides is 4. The fraction of sp³-hybridized carbons (Fsp3) is 0.400. The van der Waals surface area contributed by atoms with Gasteiger partial charge in [0.2, 0.25) is 11.8 Å². The molecular weight excluding hydrogens is 662 g/mol. The van der Waals surface area contributed by atoms with Gasteiger partial charge < -0.3 is 29.7 Å². The van der Waals surface area contributed by atoms with Gasteiger partial charge in [0.15, 0.2) is 12.9 Å². The molecule has 52 heavy (non-hydrogen) atoms. The van der Waals surface area contributed by atoms with Crippen molar-refractivity contribution in [2.75, 3.05) is 19.8 Å². The molecule has 4 amide bonds. The molecule has 0 fully saturated rings. The zero-order chi connectivity index (χ0) is 37.5. The predicted octanol–water partition coefficient (Wildman–Crippen LogP) is 5.69. The summed E-state index contributed by atoms with van der Waals surface area (Å²) < 4.78 is 17.9. The Labute approximate surface area is 306 Å². The molecule has 3 N–H and O–H groups in total. The van der Waals surface area contributed by atoms with Crippen LogP contribution in [0, 0.1) is 0 Å². The number of urea groups is 1. The van der Waals surface area contributed by atoms with E-state index in [9.17, 15) is 14.4 Å². The average molecular weight is 714 g/mol. The van der Waals surface area contributed by atoms with Crippen LogP contribution in [0.5, 0.6) is 5.75 Å². The SMILES string of the molecule is CCOC(OCC)[C@H](C)N(Cc1cccc2ccccc12)C(=O)[C@H](Cc1ccc(OC(C)(C)C)cc1)NC(=O)CONC(=O)NCc1ccncc1. The van der Waals surface area contributed by atoms with Gasteiger partial charge in [-0.1, -0.05) is 54.6 Å². The second-order valence-electron chi connectivity index (χ2n) is 13.2. The molecule has 4 aromatic rings. The highest BCUT2D eigenvalue weighted by Crippen LogP contribution is 2.24. The van der Waals surface area contributed by atoms with Gasteiger partial charge in [0.25, 0.3) is 0 Å². The third-order valence-corrected chi connectivity index (χ3v) is 8.04. The summed E-state index contributed by atoms with van der Waals surface area (Å²) in [5, 5.41) is 7.57. The molecule has 12 heteroatoms. The monoisotopic (exact) mass is 713 g/mol. The minimum Gasteiger partial charge on any atom is -0.488 e. The number of ether oxygens (including phenoxy) is 3. The molecule has 0 radical (unpaired) electrons. The minimum atomic E-state index is -1.01. The van der Waals surface area contributed by atoms with Gasteiger partial charge in [-0.05, 0) is 93.3 Å². The van der Waals surface area contributed by atoms with E-state index in [4.69, 9.17) is 19.0 Å². The molecule has 1 aromatic heterocycles. The molecule has 0 aliphatic carbocycles. The number of pyridine rings is 1. The van der Waals surface area contributed by atoms with Crippen LogP contribution in [0.3, 0.4) is 0 Å². The molecule has 0 bridgehead atoms. The third-order valence-electron chi connectivity index (χ3n) is 8.04. The Bertz CT molecular complexity index is 1720. The number of aromatic nitrogens is 1. The maximum absolute atomic E-state index is 14.8. The van der Waals surface area contributed by atoms with Crippen molar-refractivity contribution in [3.05, 3.63) is 108 Å². The van der Waals surface area contributed by atoms with Gasteiger partial charge in [-0.3, -0.25) is 19.4 Å². The van der Waals surface area contributed by atoms with E-state index in [1.807, 2.05) is 108 Å². The summed E-state index contributed by atoms with van der Waals surface area (Å²) in [6, 6.07) is 22.8. The van der Waals surface area contributed by atoms with Crippen molar-refractivity contribution in [3.8, 4) is 5.75 Å². The molecule has 0 saturated heterocycles. The van der Waals surface area contributed by atoms with Crippen LogP contribution >= 0.6 is 0 Å². The van der Waals surface area contributed by atoms with E-state index in [1.165, 1.54) is 0 Å². The highest BCUT2D eigenvalue weighted by atomic mass is 16.7. The van der Waals surface area contributed by atoms with E-state index in [-0.39, 0.29) is 31.0 Å². The van der Waals surface area contributed by atoms with E-state index >= 15 is 0 Å². The summed E-state index contributed by atoms with van der Waals surface area (Å²) in [7, 11) is 0. The highest BCUT2D eigenvalue weighted by Gasteiger charge is 2.34. The summed E-state index contributed by atoms with van der Waals surface area (Å²) in [5.74, 6) is -0.243. The smallest absolute Gasteiger partial charge is 0.338 e. The minimum absolute atomic E-state index is 0.174. The number of carbonyl (C=O) groups excluding carboxylic acids is 3.